The van der Waals surface area contributed by atoms with Crippen LogP contribution in [0.4, 0.5) is 0 Å². The number of allylic oxidation sites excluding steroid dienone is 1. The molecule has 0 bridgehead atoms. The Hall–Kier alpha value is -0.790. The van der Waals surface area contributed by atoms with Gasteiger partial charge < -0.3 is 4.90 Å². The van der Waals surface area contributed by atoms with Gasteiger partial charge in [-0.25, -0.2) is 0 Å². The predicted molar refractivity (Wildman–Crippen MR) is 49.9 cm³/mol. The second-order valence-electron chi connectivity index (χ2n) is 3.27. The highest BCUT2D eigenvalue weighted by Crippen LogP contribution is 2.10. The average Bonchev–Trinajstić information content (AvgIpc) is 1.95. The Balaban J connectivity index is 1.98. The Bertz CT molecular complexity index is 161. The van der Waals surface area contributed by atoms with Gasteiger partial charge in [-0.1, -0.05) is 6.08 Å². The predicted octanol–water partition coefficient (Wildman–Crippen LogP) is 1.97. The molecule has 0 saturated carbocycles. The van der Waals surface area contributed by atoms with Crippen molar-refractivity contribution in [2.45, 2.75) is 32.1 Å². The third-order valence-electron chi connectivity index (χ3n) is 2.26. The maximum atomic E-state index is 11.3. The monoisotopic (exact) mass is 167 g/mol. The molecule has 0 N–H and O–H groups in total. The normalized spacial score (nSPS) is 15.5. The third kappa shape index (κ3) is 2.68. The first-order chi connectivity index (χ1) is 5.84. The Labute approximate surface area is 74.2 Å². The molecule has 0 aromatic rings. The first-order valence-corrected chi connectivity index (χ1v) is 4.73. The summed E-state index contributed by atoms with van der Waals surface area (Å²) in [7, 11) is 0. The molecule has 0 radical (unpaired) electrons. The lowest BCUT2D eigenvalue weighted by atomic mass is 10.1. The van der Waals surface area contributed by atoms with Crippen molar-refractivity contribution >= 4 is 5.91 Å². The number of carbonyl (C=O) groups is 1. The average molecular weight is 167 g/mol. The molecule has 2 nitrogen and oxygen atoms in total. The highest BCUT2D eigenvalue weighted by atomic mass is 16.2. The number of unbranched alkanes of at least 4 members (excludes halogenated alkanes) is 2. The van der Waals surface area contributed by atoms with E-state index in [0.29, 0.717) is 5.91 Å². The van der Waals surface area contributed by atoms with E-state index >= 15 is 0 Å². The number of carbonyl (C=O) groups excluding carboxylic acids is 1. The molecule has 1 fully saturated rings. The summed E-state index contributed by atoms with van der Waals surface area (Å²) in [4.78, 5) is 13.2. The quantitative estimate of drug-likeness (QED) is 0.453. The van der Waals surface area contributed by atoms with Gasteiger partial charge in [0.25, 0.3) is 0 Å². The van der Waals surface area contributed by atoms with Crippen LogP contribution in [0.15, 0.2) is 12.7 Å². The number of hydrogen-bond donors (Lipinski definition) is 0. The fourth-order valence-corrected chi connectivity index (χ4v) is 1.29. The fourth-order valence-electron chi connectivity index (χ4n) is 1.29. The molecule has 0 atom stereocenters. The standard InChI is InChI=1S/C10H17NO/c1-2-3-4-5-7-10(12)11-8-6-9-11/h2H,1,3-9H2. The van der Waals surface area contributed by atoms with Gasteiger partial charge in [0.05, 0.1) is 0 Å². The van der Waals surface area contributed by atoms with Crippen molar-refractivity contribution in [3.05, 3.63) is 12.7 Å². The van der Waals surface area contributed by atoms with E-state index in [1.54, 1.807) is 0 Å². The SMILES string of the molecule is C=CCCCCC(=O)N1CCC1. The number of likely N-dealkylation sites (tertiary alicyclic amines) is 1. The Morgan fingerprint density at radius 2 is 2.17 bits per heavy atom. The summed E-state index contributed by atoms with van der Waals surface area (Å²) < 4.78 is 0. The molecule has 2 heteroatoms. The van der Waals surface area contributed by atoms with E-state index in [9.17, 15) is 4.79 Å². The number of amides is 1. The lowest BCUT2D eigenvalue weighted by Crippen LogP contribution is -2.41. The molecule has 1 aliphatic heterocycles. The van der Waals surface area contributed by atoms with Gasteiger partial charge in [0.15, 0.2) is 0 Å². The minimum absolute atomic E-state index is 0.338. The lowest BCUT2D eigenvalue weighted by molar-refractivity contribution is -0.134. The molecule has 1 amide bonds. The van der Waals surface area contributed by atoms with Crippen LogP contribution in [0.5, 0.6) is 0 Å². The van der Waals surface area contributed by atoms with Crippen LogP contribution in [0.3, 0.4) is 0 Å². The zero-order valence-electron chi connectivity index (χ0n) is 7.59. The van der Waals surface area contributed by atoms with Crippen LogP contribution < -0.4 is 0 Å². The minimum Gasteiger partial charge on any atom is -0.343 e. The van der Waals surface area contributed by atoms with Gasteiger partial charge >= 0.3 is 0 Å². The largest absolute Gasteiger partial charge is 0.343 e. The number of rotatable bonds is 5. The number of nitrogens with zero attached hydrogens (tertiary/aromatic N) is 1. The highest BCUT2D eigenvalue weighted by Gasteiger charge is 2.18. The van der Waals surface area contributed by atoms with Gasteiger partial charge in [-0.2, -0.15) is 0 Å². The zero-order chi connectivity index (χ0) is 8.81. The van der Waals surface area contributed by atoms with Gasteiger partial charge in [0.1, 0.15) is 0 Å². The van der Waals surface area contributed by atoms with E-state index in [2.05, 4.69) is 6.58 Å². The summed E-state index contributed by atoms with van der Waals surface area (Å²) in [5, 5.41) is 0. The molecule has 0 aromatic heterocycles. The smallest absolute Gasteiger partial charge is 0.222 e. The van der Waals surface area contributed by atoms with Crippen LogP contribution in [0.1, 0.15) is 32.1 Å². The first kappa shape index (κ1) is 9.30. The highest BCUT2D eigenvalue weighted by molar-refractivity contribution is 5.76. The molecule has 0 aromatic carbocycles. The Morgan fingerprint density at radius 1 is 1.42 bits per heavy atom. The van der Waals surface area contributed by atoms with Crippen LogP contribution >= 0.6 is 0 Å². The van der Waals surface area contributed by atoms with Crippen LogP contribution in [-0.4, -0.2) is 23.9 Å². The summed E-state index contributed by atoms with van der Waals surface area (Å²) in [6.07, 6.45) is 6.98. The first-order valence-electron chi connectivity index (χ1n) is 4.73. The van der Waals surface area contributed by atoms with E-state index < -0.39 is 0 Å². The van der Waals surface area contributed by atoms with E-state index in [0.717, 1.165) is 38.8 Å². The molecule has 1 aliphatic rings. The van der Waals surface area contributed by atoms with Crippen LogP contribution in [-0.2, 0) is 4.79 Å². The van der Waals surface area contributed by atoms with Gasteiger partial charge in [0.2, 0.25) is 5.91 Å². The second-order valence-corrected chi connectivity index (χ2v) is 3.27. The zero-order valence-corrected chi connectivity index (χ0v) is 7.59. The molecule has 1 saturated heterocycles. The van der Waals surface area contributed by atoms with Crippen molar-refractivity contribution < 1.29 is 4.79 Å². The Morgan fingerprint density at radius 3 is 2.67 bits per heavy atom. The van der Waals surface area contributed by atoms with Gasteiger partial charge in [-0.15, -0.1) is 6.58 Å². The molecule has 1 rings (SSSR count). The third-order valence-corrected chi connectivity index (χ3v) is 2.26. The molecule has 0 spiro atoms. The maximum Gasteiger partial charge on any atom is 0.222 e. The second kappa shape index (κ2) is 4.96. The van der Waals surface area contributed by atoms with E-state index in [-0.39, 0.29) is 0 Å². The molecule has 12 heavy (non-hydrogen) atoms. The maximum absolute atomic E-state index is 11.3. The molecular formula is C10H17NO. The van der Waals surface area contributed by atoms with Crippen molar-refractivity contribution in [2.75, 3.05) is 13.1 Å². The molecule has 0 aliphatic carbocycles. The van der Waals surface area contributed by atoms with Crippen LogP contribution in [0.2, 0.25) is 0 Å². The summed E-state index contributed by atoms with van der Waals surface area (Å²) in [6.45, 7) is 5.62. The van der Waals surface area contributed by atoms with E-state index in [1.165, 1.54) is 6.42 Å². The summed E-state index contributed by atoms with van der Waals surface area (Å²) in [5.74, 6) is 0.338. The lowest BCUT2D eigenvalue weighted by Gasteiger charge is -2.30. The van der Waals surface area contributed by atoms with Gasteiger partial charge in [-0.3, -0.25) is 4.79 Å². The molecular weight excluding hydrogens is 150 g/mol. The summed E-state index contributed by atoms with van der Waals surface area (Å²) >= 11 is 0. The topological polar surface area (TPSA) is 20.3 Å². The van der Waals surface area contributed by atoms with Crippen molar-refractivity contribution in [3.63, 3.8) is 0 Å². The van der Waals surface area contributed by atoms with Crippen molar-refractivity contribution in [1.82, 2.24) is 4.90 Å². The number of hydrogen-bond acceptors (Lipinski definition) is 1. The molecule has 0 unspecified atom stereocenters. The van der Waals surface area contributed by atoms with Crippen LogP contribution in [0.25, 0.3) is 0 Å². The molecule has 68 valence electrons. The molecule has 1 heterocycles. The fraction of sp³-hybridized carbons (Fsp3) is 0.700. The van der Waals surface area contributed by atoms with Crippen molar-refractivity contribution in [2.24, 2.45) is 0 Å². The van der Waals surface area contributed by atoms with E-state index in [1.807, 2.05) is 11.0 Å². The summed E-state index contributed by atoms with van der Waals surface area (Å²) in [6, 6.07) is 0. The van der Waals surface area contributed by atoms with Crippen LogP contribution in [0, 0.1) is 0 Å². The van der Waals surface area contributed by atoms with Crippen molar-refractivity contribution in [3.8, 4) is 0 Å². The summed E-state index contributed by atoms with van der Waals surface area (Å²) in [5.41, 5.74) is 0. The van der Waals surface area contributed by atoms with E-state index in [4.69, 9.17) is 0 Å². The van der Waals surface area contributed by atoms with Crippen molar-refractivity contribution in [1.29, 1.82) is 0 Å². The van der Waals surface area contributed by atoms with Gasteiger partial charge in [0, 0.05) is 19.5 Å². The van der Waals surface area contributed by atoms with Gasteiger partial charge in [-0.05, 0) is 25.7 Å². The Kier molecular flexibility index (Phi) is 3.85. The minimum atomic E-state index is 0.338.